The molecule has 2 aromatic rings. The van der Waals surface area contributed by atoms with Crippen LogP contribution in [0.1, 0.15) is 39.2 Å². The third-order valence-corrected chi connectivity index (χ3v) is 4.04. The van der Waals surface area contributed by atoms with E-state index < -0.39 is 0 Å². The highest BCUT2D eigenvalue weighted by molar-refractivity contribution is 6.06. The number of oxime groups is 1. The topological polar surface area (TPSA) is 41.8 Å². The number of rotatable bonds is 6. The second-order valence-electron chi connectivity index (χ2n) is 5.34. The summed E-state index contributed by atoms with van der Waals surface area (Å²) in [6.07, 6.45) is 2.20. The van der Waals surface area contributed by atoms with Gasteiger partial charge in [0, 0.05) is 10.9 Å². The maximum atomic E-state index is 9.09. The standard InChI is InChI=1S/C18H23NO2/c1-4-14(5-2)12-21-18-16(13(3)19-20)11-10-15-8-6-7-9-17(15)18/h6-11,14,20H,4-5,12H2,1-3H3/b19-13+. The minimum Gasteiger partial charge on any atom is -0.492 e. The zero-order chi connectivity index (χ0) is 15.2. The molecule has 0 amide bonds. The molecular formula is C18H23NO2. The van der Waals surface area contributed by atoms with Crippen molar-refractivity contribution in [2.45, 2.75) is 33.6 Å². The predicted molar refractivity (Wildman–Crippen MR) is 87.5 cm³/mol. The van der Waals surface area contributed by atoms with Crippen LogP contribution >= 0.6 is 0 Å². The minimum atomic E-state index is 0.545. The quantitative estimate of drug-likeness (QED) is 0.468. The van der Waals surface area contributed by atoms with Gasteiger partial charge in [-0.25, -0.2) is 0 Å². The SMILES string of the molecule is CCC(CC)COc1c(/C(C)=N/O)ccc2ccccc12. The fourth-order valence-corrected chi connectivity index (χ4v) is 2.46. The van der Waals surface area contributed by atoms with Crippen LogP contribution < -0.4 is 4.74 Å². The molecule has 3 nitrogen and oxygen atoms in total. The van der Waals surface area contributed by atoms with E-state index in [2.05, 4.69) is 25.1 Å². The molecule has 0 radical (unpaired) electrons. The van der Waals surface area contributed by atoms with Crippen molar-refractivity contribution in [3.05, 3.63) is 42.0 Å². The van der Waals surface area contributed by atoms with E-state index in [1.54, 1.807) is 6.92 Å². The lowest BCUT2D eigenvalue weighted by atomic mass is 10.0. The van der Waals surface area contributed by atoms with Crippen LogP contribution in [0.3, 0.4) is 0 Å². The molecule has 112 valence electrons. The van der Waals surface area contributed by atoms with Crippen LogP contribution in [0.15, 0.2) is 41.6 Å². The lowest BCUT2D eigenvalue weighted by molar-refractivity contribution is 0.242. The summed E-state index contributed by atoms with van der Waals surface area (Å²) in [5, 5.41) is 14.6. The Morgan fingerprint density at radius 3 is 2.52 bits per heavy atom. The van der Waals surface area contributed by atoms with Gasteiger partial charge in [-0.3, -0.25) is 0 Å². The monoisotopic (exact) mass is 285 g/mol. The van der Waals surface area contributed by atoms with E-state index in [4.69, 9.17) is 9.94 Å². The van der Waals surface area contributed by atoms with Crippen LogP contribution in [0.5, 0.6) is 5.75 Å². The van der Waals surface area contributed by atoms with Gasteiger partial charge < -0.3 is 9.94 Å². The number of benzene rings is 2. The molecule has 0 aromatic heterocycles. The third kappa shape index (κ3) is 3.35. The lowest BCUT2D eigenvalue weighted by Crippen LogP contribution is -2.12. The van der Waals surface area contributed by atoms with Gasteiger partial charge in [-0.05, 0) is 24.3 Å². The Morgan fingerprint density at radius 1 is 1.14 bits per heavy atom. The Labute approximate surface area is 126 Å². The summed E-state index contributed by atoms with van der Waals surface area (Å²) < 4.78 is 6.13. The number of nitrogens with zero attached hydrogens (tertiary/aromatic N) is 1. The molecule has 0 aliphatic rings. The van der Waals surface area contributed by atoms with Gasteiger partial charge in [-0.1, -0.05) is 62.2 Å². The van der Waals surface area contributed by atoms with Crippen molar-refractivity contribution in [1.82, 2.24) is 0 Å². The number of ether oxygens (including phenoxy) is 1. The molecule has 0 aliphatic carbocycles. The van der Waals surface area contributed by atoms with Gasteiger partial charge >= 0.3 is 0 Å². The van der Waals surface area contributed by atoms with Crippen molar-refractivity contribution >= 4 is 16.5 Å². The van der Waals surface area contributed by atoms with Crippen molar-refractivity contribution in [3.63, 3.8) is 0 Å². The van der Waals surface area contributed by atoms with Crippen LogP contribution in [0.2, 0.25) is 0 Å². The Hall–Kier alpha value is -2.03. The molecule has 0 heterocycles. The Bertz CT molecular complexity index is 630. The molecule has 0 fully saturated rings. The zero-order valence-electron chi connectivity index (χ0n) is 13.0. The molecule has 0 saturated heterocycles. The normalized spacial score (nSPS) is 12.1. The van der Waals surface area contributed by atoms with Crippen molar-refractivity contribution in [2.24, 2.45) is 11.1 Å². The predicted octanol–water partition coefficient (Wildman–Crippen LogP) is 4.85. The molecule has 0 unspecified atom stereocenters. The molecule has 21 heavy (non-hydrogen) atoms. The maximum Gasteiger partial charge on any atom is 0.136 e. The van der Waals surface area contributed by atoms with Gasteiger partial charge in [-0.15, -0.1) is 0 Å². The van der Waals surface area contributed by atoms with E-state index >= 15 is 0 Å². The summed E-state index contributed by atoms with van der Waals surface area (Å²) >= 11 is 0. The average molecular weight is 285 g/mol. The van der Waals surface area contributed by atoms with E-state index in [9.17, 15) is 0 Å². The summed E-state index contributed by atoms with van der Waals surface area (Å²) in [7, 11) is 0. The van der Waals surface area contributed by atoms with Gasteiger partial charge in [-0.2, -0.15) is 0 Å². The first-order valence-corrected chi connectivity index (χ1v) is 7.54. The van der Waals surface area contributed by atoms with Gasteiger partial charge in [0.15, 0.2) is 0 Å². The number of fused-ring (bicyclic) bond motifs is 1. The van der Waals surface area contributed by atoms with Crippen molar-refractivity contribution in [3.8, 4) is 5.75 Å². The van der Waals surface area contributed by atoms with Crippen LogP contribution in [-0.2, 0) is 0 Å². The highest BCUT2D eigenvalue weighted by Crippen LogP contribution is 2.31. The summed E-state index contributed by atoms with van der Waals surface area (Å²) in [5.41, 5.74) is 1.42. The molecular weight excluding hydrogens is 262 g/mol. The van der Waals surface area contributed by atoms with Crippen molar-refractivity contribution < 1.29 is 9.94 Å². The molecule has 2 aromatic carbocycles. The number of hydrogen-bond acceptors (Lipinski definition) is 3. The first kappa shape index (κ1) is 15.4. The van der Waals surface area contributed by atoms with Gasteiger partial charge in [0.2, 0.25) is 0 Å². The Morgan fingerprint density at radius 2 is 1.86 bits per heavy atom. The Kier molecular flexibility index (Phi) is 5.20. The minimum absolute atomic E-state index is 0.545. The highest BCUT2D eigenvalue weighted by atomic mass is 16.5. The lowest BCUT2D eigenvalue weighted by Gasteiger charge is -2.18. The fourth-order valence-electron chi connectivity index (χ4n) is 2.46. The average Bonchev–Trinajstić information content (AvgIpc) is 2.54. The molecule has 0 aliphatic heterocycles. The summed E-state index contributed by atoms with van der Waals surface area (Å²) in [4.78, 5) is 0. The van der Waals surface area contributed by atoms with E-state index in [0.717, 1.165) is 34.9 Å². The molecule has 2 rings (SSSR count). The van der Waals surface area contributed by atoms with Crippen LogP contribution in [0.4, 0.5) is 0 Å². The summed E-state index contributed by atoms with van der Waals surface area (Å²) in [6.45, 7) is 6.84. The maximum absolute atomic E-state index is 9.09. The van der Waals surface area contributed by atoms with Crippen LogP contribution in [-0.4, -0.2) is 17.5 Å². The van der Waals surface area contributed by atoms with Gasteiger partial charge in [0.05, 0.1) is 12.3 Å². The van der Waals surface area contributed by atoms with E-state index in [1.165, 1.54) is 0 Å². The first-order valence-electron chi connectivity index (χ1n) is 7.54. The first-order chi connectivity index (χ1) is 10.2. The molecule has 0 atom stereocenters. The summed E-state index contributed by atoms with van der Waals surface area (Å²) in [6, 6.07) is 12.1. The highest BCUT2D eigenvalue weighted by Gasteiger charge is 2.13. The summed E-state index contributed by atoms with van der Waals surface area (Å²) in [5.74, 6) is 1.36. The molecule has 0 bridgehead atoms. The largest absolute Gasteiger partial charge is 0.492 e. The fraction of sp³-hybridized carbons (Fsp3) is 0.389. The van der Waals surface area contributed by atoms with Crippen molar-refractivity contribution in [2.75, 3.05) is 6.61 Å². The smallest absolute Gasteiger partial charge is 0.136 e. The number of hydrogen-bond donors (Lipinski definition) is 1. The zero-order valence-corrected chi connectivity index (χ0v) is 13.0. The van der Waals surface area contributed by atoms with E-state index in [0.29, 0.717) is 18.2 Å². The van der Waals surface area contributed by atoms with Gasteiger partial charge in [0.25, 0.3) is 0 Å². The van der Waals surface area contributed by atoms with Crippen molar-refractivity contribution in [1.29, 1.82) is 0 Å². The van der Waals surface area contributed by atoms with E-state index in [1.807, 2.05) is 30.3 Å². The second-order valence-corrected chi connectivity index (χ2v) is 5.34. The molecule has 1 N–H and O–H groups in total. The van der Waals surface area contributed by atoms with E-state index in [-0.39, 0.29) is 0 Å². The molecule has 3 heteroatoms. The van der Waals surface area contributed by atoms with Gasteiger partial charge in [0.1, 0.15) is 5.75 Å². The molecule has 0 saturated carbocycles. The Balaban J connectivity index is 2.45. The third-order valence-electron chi connectivity index (χ3n) is 4.04. The van der Waals surface area contributed by atoms with Crippen LogP contribution in [0.25, 0.3) is 10.8 Å². The second kappa shape index (κ2) is 7.11. The van der Waals surface area contributed by atoms with Crippen LogP contribution in [0, 0.1) is 5.92 Å². The molecule has 0 spiro atoms.